The van der Waals surface area contributed by atoms with Crippen LogP contribution in [0, 0.1) is 0 Å². The van der Waals surface area contributed by atoms with E-state index in [9.17, 15) is 39.6 Å². The van der Waals surface area contributed by atoms with Gasteiger partial charge < -0.3 is 60.7 Å². The van der Waals surface area contributed by atoms with Crippen LogP contribution in [-0.4, -0.2) is 114 Å². The smallest absolute Gasteiger partial charge is 0.549 e. The maximum Gasteiger partial charge on any atom is 1.00 e. The summed E-state index contributed by atoms with van der Waals surface area (Å²) in [5.41, 5.74) is 3.94. The van der Waals surface area contributed by atoms with Gasteiger partial charge in [0.25, 0.3) is 0 Å². The summed E-state index contributed by atoms with van der Waals surface area (Å²) < 4.78 is 0. The van der Waals surface area contributed by atoms with Crippen LogP contribution in [0.15, 0.2) is 0 Å². The number of hydrogen-bond acceptors (Lipinski definition) is 14. The Morgan fingerprint density at radius 3 is 0.875 bits per heavy atom. The summed E-state index contributed by atoms with van der Waals surface area (Å²) in [6, 6.07) is 0. The molecule has 0 aromatic rings. The van der Waals surface area contributed by atoms with Crippen LogP contribution in [0.25, 0.3) is 0 Å². The molecule has 0 spiro atoms. The molecule has 18 heteroatoms. The standard InChI is InChI=1S/C10H16N2O8.C4H11NO3.4Na/c13-7(14)3-11(4-8(15)16)1-2-12(5-9(17)18)6-10(19)20;5-4(1-6,2-7)3-8;;;;/h1-6H2,(H,13,14)(H,15,16)(H,17,18)(H,19,20);6-8H,1-3,5H2;;;;/q;;4*+1/p-4. The molecule has 0 amide bonds. The van der Waals surface area contributed by atoms with Crippen molar-refractivity contribution in [2.45, 2.75) is 5.54 Å². The number of carboxylic acid groups (broad SMARTS) is 4. The van der Waals surface area contributed by atoms with E-state index in [-0.39, 0.29) is 131 Å². The SMILES string of the molecule is NC(CO)(CO)CO.O=C([O-])CN(CCN(CC(=O)[O-])CC(=O)[O-])CC(=O)[O-].[Na+].[Na+].[Na+].[Na+]. The number of nitrogens with two attached hydrogens (primary N) is 1. The average Bonchev–Trinajstić information content (AvgIpc) is 2.57. The van der Waals surface area contributed by atoms with E-state index >= 15 is 0 Å². The fourth-order valence-electron chi connectivity index (χ4n) is 1.59. The fraction of sp³-hybridized carbons (Fsp3) is 0.714. The maximum atomic E-state index is 10.4. The Morgan fingerprint density at radius 2 is 0.781 bits per heavy atom. The minimum Gasteiger partial charge on any atom is -0.549 e. The second-order valence-corrected chi connectivity index (χ2v) is 5.75. The number of nitrogens with zero attached hydrogens (tertiary/aromatic N) is 2. The van der Waals surface area contributed by atoms with E-state index in [1.54, 1.807) is 0 Å². The van der Waals surface area contributed by atoms with Crippen LogP contribution < -0.4 is 144 Å². The van der Waals surface area contributed by atoms with E-state index < -0.39 is 75.4 Å². The summed E-state index contributed by atoms with van der Waals surface area (Å²) in [6.07, 6.45) is 0. The van der Waals surface area contributed by atoms with Crippen LogP contribution in [0.1, 0.15) is 0 Å². The largest absolute Gasteiger partial charge is 1.00 e. The zero-order valence-electron chi connectivity index (χ0n) is 18.9. The molecule has 164 valence electrons. The number of aliphatic carboxylic acids is 4. The van der Waals surface area contributed by atoms with Crippen LogP contribution in [-0.2, 0) is 19.2 Å². The van der Waals surface area contributed by atoms with Crippen molar-refractivity contribution in [3.8, 4) is 0 Å². The summed E-state index contributed by atoms with van der Waals surface area (Å²) in [5, 5.41) is 66.6. The van der Waals surface area contributed by atoms with E-state index in [1.807, 2.05) is 0 Å². The third kappa shape index (κ3) is 29.7. The molecule has 14 nitrogen and oxygen atoms in total. The van der Waals surface area contributed by atoms with Gasteiger partial charge in [-0.15, -0.1) is 0 Å². The first-order chi connectivity index (χ1) is 12.9. The summed E-state index contributed by atoms with van der Waals surface area (Å²) in [6.45, 7) is -4.46. The molecule has 0 saturated heterocycles. The van der Waals surface area contributed by atoms with Crippen LogP contribution in [0.3, 0.4) is 0 Å². The van der Waals surface area contributed by atoms with Gasteiger partial charge in [0.2, 0.25) is 0 Å². The van der Waals surface area contributed by atoms with Crippen molar-refractivity contribution < 1.29 is 173 Å². The first kappa shape index (κ1) is 46.9. The van der Waals surface area contributed by atoms with Gasteiger partial charge >= 0.3 is 118 Å². The van der Waals surface area contributed by atoms with Crippen molar-refractivity contribution in [2.75, 3.05) is 59.1 Å². The Bertz CT molecular complexity index is 452. The third-order valence-corrected chi connectivity index (χ3v) is 3.09. The number of aliphatic hydroxyl groups excluding tert-OH is 3. The molecule has 0 aromatic carbocycles. The van der Waals surface area contributed by atoms with Crippen molar-refractivity contribution in [2.24, 2.45) is 5.73 Å². The Kier molecular flexibility index (Phi) is 39.9. The van der Waals surface area contributed by atoms with Crippen LogP contribution in [0.4, 0.5) is 0 Å². The van der Waals surface area contributed by atoms with Gasteiger partial charge in [0.15, 0.2) is 0 Å². The molecule has 0 aliphatic heterocycles. The van der Waals surface area contributed by atoms with E-state index in [4.69, 9.17) is 21.1 Å². The molecule has 0 heterocycles. The number of rotatable bonds is 14. The zero-order valence-corrected chi connectivity index (χ0v) is 26.9. The molecule has 0 atom stereocenters. The van der Waals surface area contributed by atoms with E-state index in [1.165, 1.54) is 0 Å². The number of carboxylic acids is 4. The molecule has 0 saturated carbocycles. The van der Waals surface area contributed by atoms with Gasteiger partial charge in [-0.3, -0.25) is 9.80 Å². The van der Waals surface area contributed by atoms with E-state index in [2.05, 4.69) is 0 Å². The van der Waals surface area contributed by atoms with Crippen molar-refractivity contribution >= 4 is 23.9 Å². The maximum absolute atomic E-state index is 10.4. The quantitative estimate of drug-likeness (QED) is 0.161. The molecule has 0 bridgehead atoms. The molecular weight excluding hydrogens is 478 g/mol. The van der Waals surface area contributed by atoms with Crippen LogP contribution in [0.5, 0.6) is 0 Å². The molecule has 5 N–H and O–H groups in total. The molecule has 0 rings (SSSR count). The average molecular weight is 501 g/mol. The normalized spacial score (nSPS) is 9.69. The number of carbonyl (C=O) groups is 4. The summed E-state index contributed by atoms with van der Waals surface area (Å²) >= 11 is 0. The van der Waals surface area contributed by atoms with Crippen molar-refractivity contribution in [1.29, 1.82) is 0 Å². The zero-order chi connectivity index (χ0) is 22.3. The first-order valence-corrected chi connectivity index (χ1v) is 7.74. The fourth-order valence-corrected chi connectivity index (χ4v) is 1.59. The molecule has 0 aliphatic carbocycles. The minimum absolute atomic E-state index is 0. The van der Waals surface area contributed by atoms with Gasteiger partial charge in [-0.25, -0.2) is 0 Å². The number of aliphatic hydroxyl groups is 3. The first-order valence-electron chi connectivity index (χ1n) is 7.74. The monoisotopic (exact) mass is 501 g/mol. The molecule has 0 unspecified atom stereocenters. The van der Waals surface area contributed by atoms with Gasteiger partial charge in [0.1, 0.15) is 0 Å². The third-order valence-electron chi connectivity index (χ3n) is 3.09. The minimum atomic E-state index is -1.53. The molecule has 0 fully saturated rings. The van der Waals surface area contributed by atoms with E-state index in [0.29, 0.717) is 0 Å². The van der Waals surface area contributed by atoms with Crippen molar-refractivity contribution in [3.05, 3.63) is 0 Å². The predicted octanol–water partition coefficient (Wildman–Crippen LogP) is -21.7. The van der Waals surface area contributed by atoms with Gasteiger partial charge in [-0.1, -0.05) is 0 Å². The van der Waals surface area contributed by atoms with Gasteiger partial charge in [-0.2, -0.15) is 0 Å². The second kappa shape index (κ2) is 27.2. The topological polar surface area (TPSA) is 254 Å². The molecule has 0 aromatic heterocycles. The van der Waals surface area contributed by atoms with E-state index in [0.717, 1.165) is 9.80 Å². The van der Waals surface area contributed by atoms with Gasteiger partial charge in [0, 0.05) is 39.3 Å². The number of hydrogen-bond donors (Lipinski definition) is 4. The van der Waals surface area contributed by atoms with Crippen molar-refractivity contribution in [3.63, 3.8) is 0 Å². The Hall–Kier alpha value is 1.64. The molecule has 0 aliphatic rings. The van der Waals surface area contributed by atoms with Crippen molar-refractivity contribution in [1.82, 2.24) is 9.80 Å². The summed E-state index contributed by atoms with van der Waals surface area (Å²) in [7, 11) is 0. The predicted molar refractivity (Wildman–Crippen MR) is 81.1 cm³/mol. The number of carbonyl (C=O) groups excluding carboxylic acids is 4. The van der Waals surface area contributed by atoms with Crippen LogP contribution in [0.2, 0.25) is 0 Å². The molecular formula is C14H23N3Na4O11. The molecule has 32 heavy (non-hydrogen) atoms. The molecule has 0 radical (unpaired) electrons. The summed E-state index contributed by atoms with van der Waals surface area (Å²) in [5.74, 6) is -6.12. The van der Waals surface area contributed by atoms with Crippen LogP contribution >= 0.6 is 0 Å². The second-order valence-electron chi connectivity index (χ2n) is 5.75. The Balaban J connectivity index is -0.000000122. The Morgan fingerprint density at radius 1 is 0.594 bits per heavy atom. The van der Waals surface area contributed by atoms with Gasteiger partial charge in [0.05, 0.1) is 49.2 Å². The van der Waals surface area contributed by atoms with Gasteiger partial charge in [-0.05, 0) is 0 Å². The Labute approximate surface area is 273 Å². The summed E-state index contributed by atoms with van der Waals surface area (Å²) in [4.78, 5) is 43.4.